The molecule has 0 aromatic heterocycles. The highest BCUT2D eigenvalue weighted by molar-refractivity contribution is 5.95. The number of ether oxygens (including phenoxy) is 3. The molecular formula is C22H30N2O4. The van der Waals surface area contributed by atoms with E-state index in [0.29, 0.717) is 41.9 Å². The Morgan fingerprint density at radius 1 is 1.07 bits per heavy atom. The van der Waals surface area contributed by atoms with E-state index in [0.717, 1.165) is 12.0 Å². The summed E-state index contributed by atoms with van der Waals surface area (Å²) in [6, 6.07) is 13.0. The lowest BCUT2D eigenvalue weighted by Crippen LogP contribution is -2.41. The highest BCUT2D eigenvalue weighted by atomic mass is 16.5. The zero-order valence-corrected chi connectivity index (χ0v) is 17.0. The molecule has 152 valence electrons. The number of hydrogen-bond donors (Lipinski definition) is 2. The van der Waals surface area contributed by atoms with Gasteiger partial charge in [0, 0.05) is 18.2 Å². The summed E-state index contributed by atoms with van der Waals surface area (Å²) in [5, 5.41) is 2.98. The molecule has 0 heterocycles. The van der Waals surface area contributed by atoms with E-state index in [4.69, 9.17) is 19.9 Å². The number of hydrogen-bond acceptors (Lipinski definition) is 5. The normalized spacial score (nSPS) is 11.8. The summed E-state index contributed by atoms with van der Waals surface area (Å²) >= 11 is 0. The number of methoxy groups -OCH3 is 2. The van der Waals surface area contributed by atoms with E-state index < -0.39 is 0 Å². The number of nitrogens with one attached hydrogen (secondary N) is 1. The molecule has 0 aliphatic carbocycles. The Morgan fingerprint density at radius 3 is 2.18 bits per heavy atom. The highest BCUT2D eigenvalue weighted by Crippen LogP contribution is 2.39. The SMILES string of the molecule is COc1cc(C(=O)NC(CN)CC(C)C)cc(OC)c1OCc1ccccc1. The average molecular weight is 386 g/mol. The molecule has 1 atom stereocenters. The van der Waals surface area contributed by atoms with Crippen molar-refractivity contribution >= 4 is 5.91 Å². The fourth-order valence-electron chi connectivity index (χ4n) is 2.93. The highest BCUT2D eigenvalue weighted by Gasteiger charge is 2.20. The van der Waals surface area contributed by atoms with Crippen LogP contribution in [0.3, 0.4) is 0 Å². The minimum atomic E-state index is -0.220. The van der Waals surface area contributed by atoms with Crippen LogP contribution in [0.2, 0.25) is 0 Å². The number of benzene rings is 2. The Balaban J connectivity index is 2.22. The van der Waals surface area contributed by atoms with Gasteiger partial charge in [-0.3, -0.25) is 4.79 Å². The molecule has 28 heavy (non-hydrogen) atoms. The van der Waals surface area contributed by atoms with Gasteiger partial charge in [-0.15, -0.1) is 0 Å². The second kappa shape index (κ2) is 10.6. The molecule has 2 aromatic carbocycles. The van der Waals surface area contributed by atoms with Crippen LogP contribution in [0.25, 0.3) is 0 Å². The molecule has 0 saturated carbocycles. The van der Waals surface area contributed by atoms with Crippen LogP contribution < -0.4 is 25.3 Å². The summed E-state index contributed by atoms with van der Waals surface area (Å²) in [6.45, 7) is 4.94. The topological polar surface area (TPSA) is 82.8 Å². The molecule has 0 fully saturated rings. The molecule has 2 rings (SSSR count). The minimum absolute atomic E-state index is 0.0847. The first kappa shape index (κ1) is 21.6. The Kier molecular flexibility index (Phi) is 8.14. The number of amides is 1. The zero-order valence-electron chi connectivity index (χ0n) is 17.0. The number of rotatable bonds is 10. The predicted molar refractivity (Wildman–Crippen MR) is 110 cm³/mol. The molecule has 0 aliphatic rings. The molecule has 3 N–H and O–H groups in total. The van der Waals surface area contributed by atoms with Crippen molar-refractivity contribution in [2.24, 2.45) is 11.7 Å². The van der Waals surface area contributed by atoms with Crippen molar-refractivity contribution in [1.82, 2.24) is 5.32 Å². The summed E-state index contributed by atoms with van der Waals surface area (Å²) in [5.41, 5.74) is 7.25. The zero-order chi connectivity index (χ0) is 20.5. The summed E-state index contributed by atoms with van der Waals surface area (Å²) in [7, 11) is 3.07. The first-order valence-corrected chi connectivity index (χ1v) is 9.42. The van der Waals surface area contributed by atoms with Gasteiger partial charge in [0.15, 0.2) is 11.5 Å². The third-order valence-corrected chi connectivity index (χ3v) is 4.32. The second-order valence-corrected chi connectivity index (χ2v) is 7.02. The van der Waals surface area contributed by atoms with E-state index in [1.807, 2.05) is 30.3 Å². The third-order valence-electron chi connectivity index (χ3n) is 4.32. The lowest BCUT2D eigenvalue weighted by molar-refractivity contribution is 0.0933. The van der Waals surface area contributed by atoms with Crippen LogP contribution in [-0.2, 0) is 6.61 Å². The predicted octanol–water partition coefficient (Wildman–Crippen LogP) is 3.39. The molecule has 6 heteroatoms. The van der Waals surface area contributed by atoms with E-state index in [-0.39, 0.29) is 11.9 Å². The van der Waals surface area contributed by atoms with Gasteiger partial charge in [-0.1, -0.05) is 44.2 Å². The van der Waals surface area contributed by atoms with Crippen LogP contribution >= 0.6 is 0 Å². The first-order valence-electron chi connectivity index (χ1n) is 9.42. The molecule has 0 aliphatic heterocycles. The van der Waals surface area contributed by atoms with Gasteiger partial charge in [0.25, 0.3) is 5.91 Å². The Hall–Kier alpha value is -2.73. The van der Waals surface area contributed by atoms with E-state index in [1.165, 1.54) is 14.2 Å². The summed E-state index contributed by atoms with van der Waals surface area (Å²) in [6.07, 6.45) is 0.814. The molecular weight excluding hydrogens is 356 g/mol. The Morgan fingerprint density at radius 2 is 1.68 bits per heavy atom. The maximum absolute atomic E-state index is 12.7. The maximum atomic E-state index is 12.7. The molecule has 6 nitrogen and oxygen atoms in total. The van der Waals surface area contributed by atoms with Crippen molar-refractivity contribution in [1.29, 1.82) is 0 Å². The van der Waals surface area contributed by atoms with Crippen LogP contribution in [0.5, 0.6) is 17.2 Å². The van der Waals surface area contributed by atoms with Gasteiger partial charge in [-0.05, 0) is 30.0 Å². The average Bonchev–Trinajstić information content (AvgIpc) is 2.71. The number of nitrogens with two attached hydrogens (primary N) is 1. The van der Waals surface area contributed by atoms with Gasteiger partial charge >= 0.3 is 0 Å². The molecule has 0 bridgehead atoms. The molecule has 0 saturated heterocycles. The molecule has 0 spiro atoms. The van der Waals surface area contributed by atoms with Crippen LogP contribution in [0.4, 0.5) is 0 Å². The standard InChI is InChI=1S/C22H30N2O4/c1-15(2)10-18(13-23)24-22(25)17-11-19(26-3)21(20(12-17)27-4)28-14-16-8-6-5-7-9-16/h5-9,11-12,15,18H,10,13-14,23H2,1-4H3,(H,24,25). The van der Waals surface area contributed by atoms with E-state index >= 15 is 0 Å². The van der Waals surface area contributed by atoms with Crippen LogP contribution in [0.15, 0.2) is 42.5 Å². The van der Waals surface area contributed by atoms with Crippen LogP contribution in [0, 0.1) is 5.92 Å². The summed E-state index contributed by atoms with van der Waals surface area (Å²) in [4.78, 5) is 12.7. The van der Waals surface area contributed by atoms with E-state index in [1.54, 1.807) is 12.1 Å². The number of carbonyl (C=O) groups excluding carboxylic acids is 1. The fourth-order valence-corrected chi connectivity index (χ4v) is 2.93. The first-order chi connectivity index (χ1) is 13.5. The van der Waals surface area contributed by atoms with Gasteiger partial charge in [-0.2, -0.15) is 0 Å². The summed E-state index contributed by atoms with van der Waals surface area (Å²) in [5.74, 6) is 1.55. The maximum Gasteiger partial charge on any atom is 0.251 e. The quantitative estimate of drug-likeness (QED) is 0.654. The lowest BCUT2D eigenvalue weighted by atomic mass is 10.0. The second-order valence-electron chi connectivity index (χ2n) is 7.02. The smallest absolute Gasteiger partial charge is 0.251 e. The van der Waals surface area contributed by atoms with Crippen molar-refractivity contribution in [3.05, 3.63) is 53.6 Å². The molecule has 1 amide bonds. The molecule has 1 unspecified atom stereocenters. The third kappa shape index (κ3) is 5.89. The van der Waals surface area contributed by atoms with Crippen molar-refractivity contribution in [2.45, 2.75) is 32.9 Å². The summed E-state index contributed by atoms with van der Waals surface area (Å²) < 4.78 is 16.8. The van der Waals surface area contributed by atoms with E-state index in [2.05, 4.69) is 19.2 Å². The molecule has 0 radical (unpaired) electrons. The Labute approximate surface area is 167 Å². The monoisotopic (exact) mass is 386 g/mol. The molecule has 2 aromatic rings. The fraction of sp³-hybridized carbons (Fsp3) is 0.409. The van der Waals surface area contributed by atoms with Gasteiger partial charge in [0.1, 0.15) is 6.61 Å². The van der Waals surface area contributed by atoms with Crippen LogP contribution in [0.1, 0.15) is 36.2 Å². The van der Waals surface area contributed by atoms with Gasteiger partial charge in [0.05, 0.1) is 14.2 Å². The number of carbonyl (C=O) groups is 1. The Bertz CT molecular complexity index is 737. The van der Waals surface area contributed by atoms with Crippen molar-refractivity contribution < 1.29 is 19.0 Å². The van der Waals surface area contributed by atoms with E-state index in [9.17, 15) is 4.79 Å². The van der Waals surface area contributed by atoms with Crippen molar-refractivity contribution in [3.8, 4) is 17.2 Å². The van der Waals surface area contributed by atoms with Crippen molar-refractivity contribution in [2.75, 3.05) is 20.8 Å². The van der Waals surface area contributed by atoms with Crippen molar-refractivity contribution in [3.63, 3.8) is 0 Å². The van der Waals surface area contributed by atoms with Crippen LogP contribution in [-0.4, -0.2) is 32.7 Å². The lowest BCUT2D eigenvalue weighted by Gasteiger charge is -2.20. The minimum Gasteiger partial charge on any atom is -0.493 e. The largest absolute Gasteiger partial charge is 0.493 e. The van der Waals surface area contributed by atoms with Gasteiger partial charge < -0.3 is 25.3 Å². The van der Waals surface area contributed by atoms with Gasteiger partial charge in [-0.25, -0.2) is 0 Å². The van der Waals surface area contributed by atoms with Gasteiger partial charge in [0.2, 0.25) is 5.75 Å².